The summed E-state index contributed by atoms with van der Waals surface area (Å²) in [6.45, 7) is 5.73. The Bertz CT molecular complexity index is 668. The van der Waals surface area contributed by atoms with Gasteiger partial charge in [0.2, 0.25) is 11.7 Å². The second kappa shape index (κ2) is 6.78. The van der Waals surface area contributed by atoms with Gasteiger partial charge in [-0.15, -0.1) is 0 Å². The Balaban J connectivity index is 1.61. The van der Waals surface area contributed by atoms with Crippen molar-refractivity contribution in [1.82, 2.24) is 15.0 Å². The largest absolute Gasteiger partial charge is 0.485 e. The van der Waals surface area contributed by atoms with Gasteiger partial charge in [-0.25, -0.2) is 0 Å². The lowest BCUT2D eigenvalue weighted by Gasteiger charge is -2.33. The van der Waals surface area contributed by atoms with E-state index in [1.165, 1.54) is 0 Å². The molecule has 122 valence electrons. The maximum absolute atomic E-state index is 12.5. The van der Waals surface area contributed by atoms with Crippen LogP contribution in [-0.2, 0) is 11.3 Å². The minimum atomic E-state index is 0.0149. The molecule has 0 unspecified atom stereocenters. The average molecular weight is 317 g/mol. The first-order valence-corrected chi connectivity index (χ1v) is 7.54. The standard InChI is InChI=1S/C16H19N3O4/c1-11-9-21-8-7-19(11)16(20)13-3-5-14(6-4-13)22-10-15-17-12(2)23-18-15/h3-6,11H,7-10H2,1-2H3/t11-/m1/s1. The fraction of sp³-hybridized carbons (Fsp3) is 0.438. The maximum atomic E-state index is 12.5. The number of amides is 1. The zero-order chi connectivity index (χ0) is 16.2. The van der Waals surface area contributed by atoms with Crippen molar-refractivity contribution in [3.05, 3.63) is 41.5 Å². The van der Waals surface area contributed by atoms with Crippen LogP contribution in [0.2, 0.25) is 0 Å². The third-order valence-electron chi connectivity index (χ3n) is 3.67. The van der Waals surface area contributed by atoms with Crippen molar-refractivity contribution in [2.45, 2.75) is 26.5 Å². The Morgan fingerprint density at radius 2 is 2.17 bits per heavy atom. The van der Waals surface area contributed by atoms with E-state index in [-0.39, 0.29) is 18.6 Å². The molecule has 2 heterocycles. The SMILES string of the molecule is Cc1nc(COc2ccc(C(=O)N3CCOC[C@H]3C)cc2)no1. The van der Waals surface area contributed by atoms with Gasteiger partial charge in [0.1, 0.15) is 5.75 Å². The molecular weight excluding hydrogens is 298 g/mol. The van der Waals surface area contributed by atoms with Gasteiger partial charge in [0.25, 0.3) is 5.91 Å². The van der Waals surface area contributed by atoms with Gasteiger partial charge in [-0.05, 0) is 31.2 Å². The number of rotatable bonds is 4. The first-order chi connectivity index (χ1) is 11.1. The highest BCUT2D eigenvalue weighted by atomic mass is 16.5. The van der Waals surface area contributed by atoms with E-state index in [9.17, 15) is 4.79 Å². The number of carbonyl (C=O) groups excluding carboxylic acids is 1. The molecule has 1 aliphatic heterocycles. The minimum absolute atomic E-state index is 0.0149. The molecule has 2 aromatic rings. The van der Waals surface area contributed by atoms with Crippen molar-refractivity contribution in [3.63, 3.8) is 0 Å². The molecule has 0 spiro atoms. The van der Waals surface area contributed by atoms with Crippen LogP contribution >= 0.6 is 0 Å². The Labute approximate surface area is 134 Å². The summed E-state index contributed by atoms with van der Waals surface area (Å²) in [6, 6.07) is 7.16. The average Bonchev–Trinajstić information content (AvgIpc) is 2.99. The molecule has 3 rings (SSSR count). The molecule has 1 saturated heterocycles. The van der Waals surface area contributed by atoms with Crippen LogP contribution in [-0.4, -0.2) is 46.7 Å². The normalized spacial score (nSPS) is 18.0. The van der Waals surface area contributed by atoms with E-state index >= 15 is 0 Å². The molecule has 23 heavy (non-hydrogen) atoms. The summed E-state index contributed by atoms with van der Waals surface area (Å²) in [6.07, 6.45) is 0. The highest BCUT2D eigenvalue weighted by Gasteiger charge is 2.24. The smallest absolute Gasteiger partial charge is 0.254 e. The van der Waals surface area contributed by atoms with E-state index < -0.39 is 0 Å². The highest BCUT2D eigenvalue weighted by molar-refractivity contribution is 5.94. The molecule has 1 aromatic carbocycles. The van der Waals surface area contributed by atoms with E-state index in [0.717, 1.165) is 0 Å². The maximum Gasteiger partial charge on any atom is 0.254 e. The third-order valence-corrected chi connectivity index (χ3v) is 3.67. The van der Waals surface area contributed by atoms with E-state index in [2.05, 4.69) is 10.1 Å². The van der Waals surface area contributed by atoms with E-state index in [1.807, 2.05) is 11.8 Å². The topological polar surface area (TPSA) is 77.7 Å². The number of aryl methyl sites for hydroxylation is 1. The number of hydrogen-bond acceptors (Lipinski definition) is 6. The predicted molar refractivity (Wildman–Crippen MR) is 81.1 cm³/mol. The van der Waals surface area contributed by atoms with Crippen LogP contribution in [0.5, 0.6) is 5.75 Å². The zero-order valence-electron chi connectivity index (χ0n) is 13.2. The number of benzene rings is 1. The van der Waals surface area contributed by atoms with Gasteiger partial charge in [0.05, 0.1) is 19.3 Å². The molecule has 0 aliphatic carbocycles. The fourth-order valence-corrected chi connectivity index (χ4v) is 2.44. The summed E-state index contributed by atoms with van der Waals surface area (Å²) < 4.78 is 15.8. The second-order valence-electron chi connectivity index (χ2n) is 5.47. The highest BCUT2D eigenvalue weighted by Crippen LogP contribution is 2.17. The van der Waals surface area contributed by atoms with Crippen LogP contribution < -0.4 is 4.74 Å². The van der Waals surface area contributed by atoms with Crippen molar-refractivity contribution in [1.29, 1.82) is 0 Å². The molecule has 0 saturated carbocycles. The van der Waals surface area contributed by atoms with Crippen LogP contribution in [0, 0.1) is 6.92 Å². The van der Waals surface area contributed by atoms with Gasteiger partial charge >= 0.3 is 0 Å². The molecule has 1 aromatic heterocycles. The van der Waals surface area contributed by atoms with Crippen LogP contribution in [0.1, 0.15) is 29.0 Å². The third kappa shape index (κ3) is 3.68. The van der Waals surface area contributed by atoms with Crippen molar-refractivity contribution in [3.8, 4) is 5.75 Å². The Kier molecular flexibility index (Phi) is 4.57. The van der Waals surface area contributed by atoms with Crippen molar-refractivity contribution >= 4 is 5.91 Å². The molecule has 1 fully saturated rings. The fourth-order valence-electron chi connectivity index (χ4n) is 2.44. The Morgan fingerprint density at radius 1 is 1.39 bits per heavy atom. The van der Waals surface area contributed by atoms with Crippen LogP contribution in [0.4, 0.5) is 0 Å². The van der Waals surface area contributed by atoms with Crippen molar-refractivity contribution in [2.75, 3.05) is 19.8 Å². The summed E-state index contributed by atoms with van der Waals surface area (Å²) in [7, 11) is 0. The van der Waals surface area contributed by atoms with Gasteiger partial charge in [-0.1, -0.05) is 5.16 Å². The van der Waals surface area contributed by atoms with Gasteiger partial charge in [0.15, 0.2) is 6.61 Å². The van der Waals surface area contributed by atoms with Crippen molar-refractivity contribution < 1.29 is 18.8 Å². The molecule has 7 heteroatoms. The lowest BCUT2D eigenvalue weighted by molar-refractivity contribution is 0.00359. The molecule has 1 aliphatic rings. The van der Waals surface area contributed by atoms with Gasteiger partial charge < -0.3 is 18.9 Å². The van der Waals surface area contributed by atoms with Crippen molar-refractivity contribution in [2.24, 2.45) is 0 Å². The number of ether oxygens (including phenoxy) is 2. The first-order valence-electron chi connectivity index (χ1n) is 7.54. The van der Waals surface area contributed by atoms with E-state index in [4.69, 9.17) is 14.0 Å². The van der Waals surface area contributed by atoms with Gasteiger partial charge in [0, 0.05) is 19.0 Å². The van der Waals surface area contributed by atoms with Crippen LogP contribution in [0.25, 0.3) is 0 Å². The number of morpholine rings is 1. The summed E-state index contributed by atoms with van der Waals surface area (Å²) in [5, 5.41) is 3.76. The minimum Gasteiger partial charge on any atom is -0.485 e. The van der Waals surface area contributed by atoms with E-state index in [0.29, 0.717) is 42.8 Å². The summed E-state index contributed by atoms with van der Waals surface area (Å²) in [5.41, 5.74) is 0.640. The predicted octanol–water partition coefficient (Wildman–Crippen LogP) is 1.82. The molecular formula is C16H19N3O4. The quantitative estimate of drug-likeness (QED) is 0.856. The first kappa shape index (κ1) is 15.5. The monoisotopic (exact) mass is 317 g/mol. The lowest BCUT2D eigenvalue weighted by atomic mass is 10.1. The molecule has 7 nitrogen and oxygen atoms in total. The molecule has 0 N–H and O–H groups in total. The Morgan fingerprint density at radius 3 is 2.83 bits per heavy atom. The number of hydrogen-bond donors (Lipinski definition) is 0. The zero-order valence-corrected chi connectivity index (χ0v) is 13.2. The number of nitrogens with zero attached hydrogens (tertiary/aromatic N) is 3. The van der Waals surface area contributed by atoms with Gasteiger partial charge in [-0.3, -0.25) is 4.79 Å². The second-order valence-corrected chi connectivity index (χ2v) is 5.47. The number of carbonyl (C=O) groups is 1. The number of aromatic nitrogens is 2. The molecule has 0 radical (unpaired) electrons. The summed E-state index contributed by atoms with van der Waals surface area (Å²) in [5.74, 6) is 1.66. The van der Waals surface area contributed by atoms with E-state index in [1.54, 1.807) is 31.2 Å². The van der Waals surface area contributed by atoms with Crippen LogP contribution in [0.3, 0.4) is 0 Å². The Hall–Kier alpha value is -2.41. The van der Waals surface area contributed by atoms with Crippen LogP contribution in [0.15, 0.2) is 28.8 Å². The molecule has 0 bridgehead atoms. The molecule has 1 atom stereocenters. The summed E-state index contributed by atoms with van der Waals surface area (Å²) in [4.78, 5) is 18.4. The lowest BCUT2D eigenvalue weighted by Crippen LogP contribution is -2.47. The van der Waals surface area contributed by atoms with Gasteiger partial charge in [-0.2, -0.15) is 4.98 Å². The summed E-state index contributed by atoms with van der Waals surface area (Å²) >= 11 is 0. The molecule has 1 amide bonds.